The molecular formula is C23H22ClF3N6O2. The molecule has 184 valence electrons. The molecule has 2 amide bonds. The van der Waals surface area contributed by atoms with E-state index in [-0.39, 0.29) is 22.5 Å². The van der Waals surface area contributed by atoms with Crippen molar-refractivity contribution in [2.24, 2.45) is 0 Å². The average molecular weight is 507 g/mol. The molecule has 35 heavy (non-hydrogen) atoms. The molecule has 0 spiro atoms. The topological polar surface area (TPSA) is 93.0 Å². The van der Waals surface area contributed by atoms with Crippen molar-refractivity contribution >= 4 is 23.4 Å². The molecule has 3 aromatic rings. The first-order valence-corrected chi connectivity index (χ1v) is 11.3. The molecule has 8 nitrogen and oxygen atoms in total. The quantitative estimate of drug-likeness (QED) is 0.511. The van der Waals surface area contributed by atoms with Crippen LogP contribution in [0.25, 0.3) is 5.82 Å². The summed E-state index contributed by atoms with van der Waals surface area (Å²) in [5, 5.41) is 6.54. The third-order valence-corrected chi connectivity index (χ3v) is 5.82. The molecule has 4 rings (SSSR count). The van der Waals surface area contributed by atoms with E-state index in [9.17, 15) is 22.8 Å². The first-order valence-electron chi connectivity index (χ1n) is 10.9. The number of nitrogens with one attached hydrogen (secondary N) is 1. The Morgan fingerprint density at radius 1 is 1.20 bits per heavy atom. The Morgan fingerprint density at radius 3 is 2.54 bits per heavy atom. The van der Waals surface area contributed by atoms with E-state index >= 15 is 0 Å². The molecule has 2 heterocycles. The standard InChI is InChI=1S/C23H22ClF3N6O2/c1-3-32(18-5-6-18)22(35)14-4-7-19(28-11-14)33-20(29-12-30-33)13(2)31-21(34)15-8-16(23(25,26)27)10-17(24)9-15/h4,7-13,18H,3,5-6H2,1-2H3,(H,31,34)/t13-/m0/s1. The number of pyridine rings is 1. The van der Waals surface area contributed by atoms with Crippen LogP contribution in [0.3, 0.4) is 0 Å². The van der Waals surface area contributed by atoms with Crippen LogP contribution in [0.5, 0.6) is 0 Å². The smallest absolute Gasteiger partial charge is 0.342 e. The van der Waals surface area contributed by atoms with E-state index in [1.807, 2.05) is 11.8 Å². The first-order chi connectivity index (χ1) is 16.6. The maximum Gasteiger partial charge on any atom is 0.416 e. The van der Waals surface area contributed by atoms with Crippen molar-refractivity contribution in [3.8, 4) is 5.82 Å². The molecule has 0 saturated heterocycles. The fourth-order valence-electron chi connectivity index (χ4n) is 3.71. The second-order valence-corrected chi connectivity index (χ2v) is 8.62. The summed E-state index contributed by atoms with van der Waals surface area (Å²) in [4.78, 5) is 35.7. The number of aromatic nitrogens is 4. The van der Waals surface area contributed by atoms with Gasteiger partial charge in [-0.15, -0.1) is 0 Å². The van der Waals surface area contributed by atoms with Crippen molar-refractivity contribution in [3.05, 3.63) is 70.4 Å². The monoisotopic (exact) mass is 506 g/mol. The van der Waals surface area contributed by atoms with E-state index in [2.05, 4.69) is 20.4 Å². The van der Waals surface area contributed by atoms with Crippen LogP contribution in [0.2, 0.25) is 5.02 Å². The molecule has 2 aromatic heterocycles. The minimum absolute atomic E-state index is 0.0896. The van der Waals surface area contributed by atoms with Gasteiger partial charge in [-0.1, -0.05) is 11.6 Å². The van der Waals surface area contributed by atoms with E-state index in [4.69, 9.17) is 11.6 Å². The summed E-state index contributed by atoms with van der Waals surface area (Å²) in [5.41, 5.74) is -0.806. The number of amides is 2. The molecule has 1 aliphatic rings. The van der Waals surface area contributed by atoms with Crippen molar-refractivity contribution < 1.29 is 22.8 Å². The third-order valence-electron chi connectivity index (χ3n) is 5.60. The SMILES string of the molecule is CCN(C(=O)c1ccc(-n2ncnc2[C@H](C)NC(=O)c2cc(Cl)cc(C(F)(F)F)c2)nc1)C1CC1. The number of rotatable bonds is 7. The third kappa shape index (κ3) is 5.45. The van der Waals surface area contributed by atoms with Gasteiger partial charge in [0, 0.05) is 29.4 Å². The lowest BCUT2D eigenvalue weighted by atomic mass is 10.1. The van der Waals surface area contributed by atoms with Crippen molar-refractivity contribution in [2.75, 3.05) is 6.54 Å². The fraction of sp³-hybridized carbons (Fsp3) is 0.348. The molecule has 1 atom stereocenters. The van der Waals surface area contributed by atoms with Gasteiger partial charge in [0.15, 0.2) is 11.6 Å². The van der Waals surface area contributed by atoms with Crippen molar-refractivity contribution in [3.63, 3.8) is 0 Å². The van der Waals surface area contributed by atoms with E-state index in [1.54, 1.807) is 19.1 Å². The molecule has 1 fully saturated rings. The number of hydrogen-bond donors (Lipinski definition) is 1. The number of nitrogens with zero attached hydrogens (tertiary/aromatic N) is 5. The summed E-state index contributed by atoms with van der Waals surface area (Å²) in [6.45, 7) is 4.16. The molecule has 1 N–H and O–H groups in total. The normalized spacial score (nSPS) is 14.5. The lowest BCUT2D eigenvalue weighted by molar-refractivity contribution is -0.137. The van der Waals surface area contributed by atoms with Gasteiger partial charge in [-0.2, -0.15) is 23.0 Å². The number of benzene rings is 1. The first kappa shape index (κ1) is 24.6. The van der Waals surface area contributed by atoms with Gasteiger partial charge in [-0.25, -0.2) is 9.97 Å². The highest BCUT2D eigenvalue weighted by molar-refractivity contribution is 6.31. The van der Waals surface area contributed by atoms with Crippen molar-refractivity contribution in [1.29, 1.82) is 0 Å². The fourth-order valence-corrected chi connectivity index (χ4v) is 3.94. The van der Waals surface area contributed by atoms with Gasteiger partial charge in [0.1, 0.15) is 6.33 Å². The molecule has 1 aliphatic carbocycles. The van der Waals surface area contributed by atoms with Crippen LogP contribution < -0.4 is 5.32 Å². The Bertz CT molecular complexity index is 1240. The number of halogens is 4. The van der Waals surface area contributed by atoms with Crippen LogP contribution >= 0.6 is 11.6 Å². The zero-order valence-electron chi connectivity index (χ0n) is 18.9. The molecule has 0 bridgehead atoms. The van der Waals surface area contributed by atoms with E-state index < -0.39 is 23.7 Å². The average Bonchev–Trinajstić information content (AvgIpc) is 3.52. The van der Waals surface area contributed by atoms with Gasteiger partial charge in [-0.05, 0) is 57.0 Å². The Kier molecular flexibility index (Phi) is 6.79. The Balaban J connectivity index is 1.51. The highest BCUT2D eigenvalue weighted by atomic mass is 35.5. The Hall–Kier alpha value is -3.47. The van der Waals surface area contributed by atoms with Gasteiger partial charge >= 0.3 is 6.18 Å². The summed E-state index contributed by atoms with van der Waals surface area (Å²) in [6.07, 6.45) is 0.0963. The summed E-state index contributed by atoms with van der Waals surface area (Å²) in [6, 6.07) is 5.46. The van der Waals surface area contributed by atoms with Gasteiger partial charge < -0.3 is 10.2 Å². The van der Waals surface area contributed by atoms with Crippen molar-refractivity contribution in [1.82, 2.24) is 30.0 Å². The summed E-state index contributed by atoms with van der Waals surface area (Å²) in [5.74, 6) is -0.176. The van der Waals surface area contributed by atoms with E-state index in [0.29, 0.717) is 23.8 Å². The van der Waals surface area contributed by atoms with Gasteiger partial charge in [-0.3, -0.25) is 9.59 Å². The zero-order chi connectivity index (χ0) is 25.3. The highest BCUT2D eigenvalue weighted by Gasteiger charge is 2.33. The predicted octanol–water partition coefficient (Wildman–Crippen LogP) is 4.45. The number of alkyl halides is 3. The van der Waals surface area contributed by atoms with E-state index in [0.717, 1.165) is 31.0 Å². The minimum Gasteiger partial charge on any atom is -0.342 e. The second-order valence-electron chi connectivity index (χ2n) is 8.18. The van der Waals surface area contributed by atoms with E-state index in [1.165, 1.54) is 17.2 Å². The Labute approximate surface area is 204 Å². The minimum atomic E-state index is -4.64. The molecule has 1 aromatic carbocycles. The largest absolute Gasteiger partial charge is 0.416 e. The zero-order valence-corrected chi connectivity index (χ0v) is 19.6. The molecule has 0 aliphatic heterocycles. The summed E-state index contributed by atoms with van der Waals surface area (Å²) < 4.78 is 40.6. The molecule has 0 unspecified atom stereocenters. The van der Waals surface area contributed by atoms with Crippen LogP contribution in [0.15, 0.2) is 42.9 Å². The number of carbonyl (C=O) groups is 2. The second kappa shape index (κ2) is 9.65. The van der Waals surface area contributed by atoms with Crippen LogP contribution in [-0.2, 0) is 6.18 Å². The van der Waals surface area contributed by atoms with Crippen LogP contribution in [0, 0.1) is 0 Å². The lowest BCUT2D eigenvalue weighted by Crippen LogP contribution is -2.32. The van der Waals surface area contributed by atoms with Gasteiger partial charge in [0.05, 0.1) is 17.2 Å². The summed E-state index contributed by atoms with van der Waals surface area (Å²) in [7, 11) is 0. The van der Waals surface area contributed by atoms with Crippen LogP contribution in [-0.4, -0.2) is 49.0 Å². The van der Waals surface area contributed by atoms with Gasteiger partial charge in [0.2, 0.25) is 0 Å². The number of hydrogen-bond acceptors (Lipinski definition) is 5. The maximum atomic E-state index is 13.1. The van der Waals surface area contributed by atoms with Crippen molar-refractivity contribution in [2.45, 2.75) is 44.9 Å². The molecule has 12 heteroatoms. The summed E-state index contributed by atoms with van der Waals surface area (Å²) >= 11 is 5.78. The lowest BCUT2D eigenvalue weighted by Gasteiger charge is -2.20. The molecule has 0 radical (unpaired) electrons. The number of carbonyl (C=O) groups excluding carboxylic acids is 2. The maximum absolute atomic E-state index is 13.1. The van der Waals surface area contributed by atoms with Gasteiger partial charge in [0.25, 0.3) is 11.8 Å². The van der Waals surface area contributed by atoms with Crippen LogP contribution in [0.4, 0.5) is 13.2 Å². The van der Waals surface area contributed by atoms with Crippen LogP contribution in [0.1, 0.15) is 64.8 Å². The highest BCUT2D eigenvalue weighted by Crippen LogP contribution is 2.32. The molecular weight excluding hydrogens is 485 g/mol. The predicted molar refractivity (Wildman–Crippen MR) is 121 cm³/mol. The molecule has 1 saturated carbocycles. The Morgan fingerprint density at radius 2 is 1.94 bits per heavy atom.